The Morgan fingerprint density at radius 1 is 1.67 bits per heavy atom. The van der Waals surface area contributed by atoms with Crippen LogP contribution in [0.3, 0.4) is 0 Å². The average Bonchev–Trinajstić information content (AvgIpc) is 2.47. The normalized spacial score (nSPS) is 13.2. The van der Waals surface area contributed by atoms with E-state index in [-0.39, 0.29) is 6.61 Å². The molecule has 1 unspecified atom stereocenters. The number of aromatic nitrogens is 1. The van der Waals surface area contributed by atoms with Gasteiger partial charge >= 0.3 is 0 Å². The van der Waals surface area contributed by atoms with Gasteiger partial charge in [0.1, 0.15) is 0 Å². The van der Waals surface area contributed by atoms with Crippen LogP contribution in [0, 0.1) is 12.8 Å². The van der Waals surface area contributed by atoms with Gasteiger partial charge in [0.15, 0.2) is 0 Å². The summed E-state index contributed by atoms with van der Waals surface area (Å²) in [5.41, 5.74) is 1.10. The lowest BCUT2D eigenvalue weighted by atomic mass is 10.1. The Hall–Kier alpha value is -0.410. The van der Waals surface area contributed by atoms with Gasteiger partial charge < -0.3 is 5.11 Å². The monoisotopic (exact) mass is 185 g/mol. The maximum absolute atomic E-state index is 8.80. The van der Waals surface area contributed by atoms with Gasteiger partial charge in [-0.2, -0.15) is 0 Å². The first-order valence-electron chi connectivity index (χ1n) is 4.24. The standard InChI is InChI=1S/C9H15NOS/c1-7(5-11)3-4-9-10-8(2)6-12-9/h6-7,11H,3-5H2,1-2H3. The highest BCUT2D eigenvalue weighted by Crippen LogP contribution is 2.13. The number of hydrogen-bond acceptors (Lipinski definition) is 3. The molecule has 1 N–H and O–H groups in total. The van der Waals surface area contributed by atoms with Crippen molar-refractivity contribution in [3.63, 3.8) is 0 Å². The van der Waals surface area contributed by atoms with Gasteiger partial charge in [0, 0.05) is 17.7 Å². The summed E-state index contributed by atoms with van der Waals surface area (Å²) >= 11 is 1.71. The summed E-state index contributed by atoms with van der Waals surface area (Å²) in [5.74, 6) is 0.397. The topological polar surface area (TPSA) is 33.1 Å². The zero-order valence-corrected chi connectivity index (χ0v) is 8.40. The summed E-state index contributed by atoms with van der Waals surface area (Å²) in [5, 5.41) is 12.1. The van der Waals surface area contributed by atoms with Crippen LogP contribution in [0.5, 0.6) is 0 Å². The molecular formula is C9H15NOS. The maximum Gasteiger partial charge on any atom is 0.0928 e. The van der Waals surface area contributed by atoms with E-state index in [1.165, 1.54) is 5.01 Å². The largest absolute Gasteiger partial charge is 0.396 e. The van der Waals surface area contributed by atoms with E-state index in [2.05, 4.69) is 17.3 Å². The molecule has 0 radical (unpaired) electrons. The summed E-state index contributed by atoms with van der Waals surface area (Å²) in [6, 6.07) is 0. The molecule has 0 fully saturated rings. The molecule has 0 aromatic carbocycles. The van der Waals surface area contributed by atoms with Gasteiger partial charge in [0.2, 0.25) is 0 Å². The molecule has 0 spiro atoms. The molecule has 2 nitrogen and oxygen atoms in total. The van der Waals surface area contributed by atoms with E-state index >= 15 is 0 Å². The Balaban J connectivity index is 2.33. The molecule has 1 rings (SSSR count). The van der Waals surface area contributed by atoms with Gasteiger partial charge in [0.25, 0.3) is 0 Å². The van der Waals surface area contributed by atoms with Crippen LogP contribution in [0.4, 0.5) is 0 Å². The quantitative estimate of drug-likeness (QED) is 0.778. The third kappa shape index (κ3) is 2.91. The van der Waals surface area contributed by atoms with Gasteiger partial charge in [-0.1, -0.05) is 6.92 Å². The van der Waals surface area contributed by atoms with Gasteiger partial charge in [-0.25, -0.2) is 4.98 Å². The average molecular weight is 185 g/mol. The fourth-order valence-corrected chi connectivity index (χ4v) is 1.77. The van der Waals surface area contributed by atoms with Crippen molar-refractivity contribution in [3.05, 3.63) is 16.1 Å². The van der Waals surface area contributed by atoms with Crippen LogP contribution >= 0.6 is 11.3 Å². The zero-order valence-electron chi connectivity index (χ0n) is 7.58. The van der Waals surface area contributed by atoms with Crippen molar-refractivity contribution in [3.8, 4) is 0 Å². The smallest absolute Gasteiger partial charge is 0.0928 e. The van der Waals surface area contributed by atoms with Crippen molar-refractivity contribution in [2.24, 2.45) is 5.92 Å². The summed E-state index contributed by atoms with van der Waals surface area (Å²) < 4.78 is 0. The van der Waals surface area contributed by atoms with E-state index < -0.39 is 0 Å². The van der Waals surface area contributed by atoms with Gasteiger partial charge in [-0.05, 0) is 25.7 Å². The molecule has 1 atom stereocenters. The maximum atomic E-state index is 8.80. The van der Waals surface area contributed by atoms with E-state index in [0.717, 1.165) is 18.5 Å². The molecule has 0 aliphatic rings. The first-order chi connectivity index (χ1) is 5.72. The van der Waals surface area contributed by atoms with Gasteiger partial charge in [-0.3, -0.25) is 0 Å². The van der Waals surface area contributed by atoms with Crippen LogP contribution in [0.25, 0.3) is 0 Å². The van der Waals surface area contributed by atoms with E-state index in [1.54, 1.807) is 11.3 Å². The first kappa shape index (κ1) is 9.68. The molecule has 3 heteroatoms. The second-order valence-electron chi connectivity index (χ2n) is 3.21. The van der Waals surface area contributed by atoms with E-state index in [0.29, 0.717) is 5.92 Å². The number of aryl methyl sites for hydroxylation is 2. The summed E-state index contributed by atoms with van der Waals surface area (Å²) in [7, 11) is 0. The second kappa shape index (κ2) is 4.58. The predicted molar refractivity (Wildman–Crippen MR) is 51.4 cm³/mol. The summed E-state index contributed by atoms with van der Waals surface area (Å²) in [6.45, 7) is 4.35. The highest BCUT2D eigenvalue weighted by Gasteiger charge is 2.03. The third-order valence-corrected chi connectivity index (χ3v) is 2.86. The Morgan fingerprint density at radius 2 is 2.42 bits per heavy atom. The van der Waals surface area contributed by atoms with Crippen molar-refractivity contribution in [1.29, 1.82) is 0 Å². The van der Waals surface area contributed by atoms with E-state index in [9.17, 15) is 0 Å². The number of nitrogens with zero attached hydrogens (tertiary/aromatic N) is 1. The fourth-order valence-electron chi connectivity index (χ4n) is 0.979. The van der Waals surface area contributed by atoms with E-state index in [4.69, 9.17) is 5.11 Å². The molecule has 0 saturated heterocycles. The lowest BCUT2D eigenvalue weighted by Gasteiger charge is -2.04. The minimum atomic E-state index is 0.282. The van der Waals surface area contributed by atoms with Crippen LogP contribution in [-0.2, 0) is 6.42 Å². The van der Waals surface area contributed by atoms with Crippen LogP contribution in [0.1, 0.15) is 24.0 Å². The van der Waals surface area contributed by atoms with Gasteiger partial charge in [0.05, 0.1) is 5.01 Å². The van der Waals surface area contributed by atoms with Crippen molar-refractivity contribution >= 4 is 11.3 Å². The van der Waals surface area contributed by atoms with Crippen molar-refractivity contribution in [2.75, 3.05) is 6.61 Å². The number of aliphatic hydroxyl groups is 1. The SMILES string of the molecule is Cc1csc(CCC(C)CO)n1. The van der Waals surface area contributed by atoms with Crippen LogP contribution in [0.15, 0.2) is 5.38 Å². The van der Waals surface area contributed by atoms with Crippen molar-refractivity contribution in [2.45, 2.75) is 26.7 Å². The molecule has 0 bridgehead atoms. The Bertz CT molecular complexity index is 234. The Labute approximate surface area is 77.3 Å². The minimum Gasteiger partial charge on any atom is -0.396 e. The van der Waals surface area contributed by atoms with Gasteiger partial charge in [-0.15, -0.1) is 11.3 Å². The van der Waals surface area contributed by atoms with Crippen LogP contribution in [0.2, 0.25) is 0 Å². The molecule has 0 saturated carbocycles. The van der Waals surface area contributed by atoms with Crippen LogP contribution < -0.4 is 0 Å². The van der Waals surface area contributed by atoms with E-state index in [1.807, 2.05) is 6.92 Å². The predicted octanol–water partition coefficient (Wildman–Crippen LogP) is 2.01. The van der Waals surface area contributed by atoms with Crippen molar-refractivity contribution in [1.82, 2.24) is 4.98 Å². The first-order valence-corrected chi connectivity index (χ1v) is 5.12. The third-order valence-electron chi connectivity index (χ3n) is 1.83. The molecule has 12 heavy (non-hydrogen) atoms. The van der Waals surface area contributed by atoms with Crippen LogP contribution in [-0.4, -0.2) is 16.7 Å². The minimum absolute atomic E-state index is 0.282. The summed E-state index contributed by atoms with van der Waals surface area (Å²) in [4.78, 5) is 4.35. The summed E-state index contributed by atoms with van der Waals surface area (Å²) in [6.07, 6.45) is 2.03. The molecule has 0 aliphatic heterocycles. The fraction of sp³-hybridized carbons (Fsp3) is 0.667. The Kier molecular flexibility index (Phi) is 3.69. The highest BCUT2D eigenvalue weighted by atomic mass is 32.1. The molecule has 0 amide bonds. The lowest BCUT2D eigenvalue weighted by molar-refractivity contribution is 0.230. The number of thiazole rings is 1. The highest BCUT2D eigenvalue weighted by molar-refractivity contribution is 7.09. The molecular weight excluding hydrogens is 170 g/mol. The Morgan fingerprint density at radius 3 is 2.92 bits per heavy atom. The molecule has 1 heterocycles. The zero-order chi connectivity index (χ0) is 8.97. The second-order valence-corrected chi connectivity index (χ2v) is 4.15. The number of hydrogen-bond donors (Lipinski definition) is 1. The molecule has 0 aliphatic carbocycles. The van der Waals surface area contributed by atoms with Crippen molar-refractivity contribution < 1.29 is 5.11 Å². The number of rotatable bonds is 4. The lowest BCUT2D eigenvalue weighted by Crippen LogP contribution is -2.01. The molecule has 1 aromatic rings. The molecule has 68 valence electrons. The number of aliphatic hydroxyl groups excluding tert-OH is 1. The molecule has 1 aromatic heterocycles.